The standard InChI is InChI=1S/C22H25N3O3/c1-14-9-15(12-23)13-25(14)22(27)17-6-4-7-18(10-17)24-21(26)20-11-16-5-2-3-8-19(16)28-20/h2-8,10,14-15,20H,9,11-13,23H2,1H3,(H,24,26). The molecule has 1 fully saturated rings. The first-order chi connectivity index (χ1) is 13.5. The number of hydrogen-bond acceptors (Lipinski definition) is 4. The number of benzene rings is 2. The summed E-state index contributed by atoms with van der Waals surface area (Å²) in [5.74, 6) is 0.870. The lowest BCUT2D eigenvalue weighted by molar-refractivity contribution is -0.122. The second kappa shape index (κ2) is 7.64. The van der Waals surface area contributed by atoms with Crippen LogP contribution in [0.5, 0.6) is 5.75 Å². The predicted molar refractivity (Wildman–Crippen MR) is 107 cm³/mol. The molecule has 1 saturated heterocycles. The van der Waals surface area contributed by atoms with Crippen molar-refractivity contribution in [1.29, 1.82) is 0 Å². The Kier molecular flexibility index (Phi) is 5.05. The molecule has 2 aliphatic heterocycles. The highest BCUT2D eigenvalue weighted by Gasteiger charge is 2.32. The molecular weight excluding hydrogens is 354 g/mol. The Hall–Kier alpha value is -2.86. The van der Waals surface area contributed by atoms with Gasteiger partial charge in [-0.2, -0.15) is 0 Å². The molecule has 0 aromatic heterocycles. The van der Waals surface area contributed by atoms with Gasteiger partial charge >= 0.3 is 0 Å². The fourth-order valence-corrected chi connectivity index (χ4v) is 4.04. The number of hydrogen-bond donors (Lipinski definition) is 2. The Balaban J connectivity index is 1.43. The van der Waals surface area contributed by atoms with Crippen molar-refractivity contribution in [1.82, 2.24) is 4.90 Å². The van der Waals surface area contributed by atoms with Crippen molar-refractivity contribution in [2.75, 3.05) is 18.4 Å². The van der Waals surface area contributed by atoms with Crippen LogP contribution in [0.4, 0.5) is 5.69 Å². The highest BCUT2D eigenvalue weighted by molar-refractivity contribution is 5.98. The molecular formula is C22H25N3O3. The maximum atomic E-state index is 12.9. The van der Waals surface area contributed by atoms with E-state index in [1.165, 1.54) is 0 Å². The average Bonchev–Trinajstić information content (AvgIpc) is 3.31. The number of carbonyl (C=O) groups is 2. The third kappa shape index (κ3) is 3.60. The molecule has 2 aliphatic rings. The number of fused-ring (bicyclic) bond motifs is 1. The van der Waals surface area contributed by atoms with Crippen LogP contribution < -0.4 is 15.8 Å². The van der Waals surface area contributed by atoms with Gasteiger partial charge in [-0.05, 0) is 55.6 Å². The number of carbonyl (C=O) groups excluding carboxylic acids is 2. The van der Waals surface area contributed by atoms with Gasteiger partial charge in [0.05, 0.1) is 0 Å². The molecule has 3 N–H and O–H groups in total. The maximum absolute atomic E-state index is 12.9. The lowest BCUT2D eigenvalue weighted by Crippen LogP contribution is -2.34. The van der Waals surface area contributed by atoms with E-state index < -0.39 is 6.10 Å². The zero-order valence-electron chi connectivity index (χ0n) is 15.9. The SMILES string of the molecule is CC1CC(CN)CN1C(=O)c1cccc(NC(=O)C2Cc3ccccc3O2)c1. The van der Waals surface area contributed by atoms with Crippen molar-refractivity contribution in [3.63, 3.8) is 0 Å². The minimum atomic E-state index is -0.555. The number of ether oxygens (including phenoxy) is 1. The van der Waals surface area contributed by atoms with Crippen molar-refractivity contribution in [2.45, 2.75) is 31.9 Å². The van der Waals surface area contributed by atoms with E-state index in [9.17, 15) is 9.59 Å². The minimum Gasteiger partial charge on any atom is -0.480 e. The fraction of sp³-hybridized carbons (Fsp3) is 0.364. The summed E-state index contributed by atoms with van der Waals surface area (Å²) in [5, 5.41) is 2.88. The van der Waals surface area contributed by atoms with Crippen LogP contribution in [-0.4, -0.2) is 41.9 Å². The van der Waals surface area contributed by atoms with Crippen LogP contribution in [0.25, 0.3) is 0 Å². The molecule has 0 bridgehead atoms. The molecule has 3 unspecified atom stereocenters. The van der Waals surface area contributed by atoms with E-state index in [1.807, 2.05) is 36.1 Å². The van der Waals surface area contributed by atoms with Crippen molar-refractivity contribution < 1.29 is 14.3 Å². The molecule has 2 aromatic carbocycles. The molecule has 6 nitrogen and oxygen atoms in total. The molecule has 2 aromatic rings. The third-order valence-corrected chi connectivity index (χ3v) is 5.57. The van der Waals surface area contributed by atoms with E-state index in [-0.39, 0.29) is 17.9 Å². The number of anilines is 1. The van der Waals surface area contributed by atoms with Crippen LogP contribution in [0.1, 0.15) is 29.3 Å². The van der Waals surface area contributed by atoms with Crippen LogP contribution in [-0.2, 0) is 11.2 Å². The van der Waals surface area contributed by atoms with Crippen LogP contribution in [0.3, 0.4) is 0 Å². The highest BCUT2D eigenvalue weighted by atomic mass is 16.5. The van der Waals surface area contributed by atoms with Crippen LogP contribution in [0.2, 0.25) is 0 Å². The van der Waals surface area contributed by atoms with Gasteiger partial charge in [0, 0.05) is 30.3 Å². The molecule has 0 aliphatic carbocycles. The second-order valence-corrected chi connectivity index (χ2v) is 7.63. The van der Waals surface area contributed by atoms with Crippen molar-refractivity contribution in [3.8, 4) is 5.75 Å². The highest BCUT2D eigenvalue weighted by Crippen LogP contribution is 2.29. The lowest BCUT2D eigenvalue weighted by Gasteiger charge is -2.22. The third-order valence-electron chi connectivity index (χ3n) is 5.57. The van der Waals surface area contributed by atoms with Gasteiger partial charge in [-0.3, -0.25) is 9.59 Å². The lowest BCUT2D eigenvalue weighted by atomic mass is 10.1. The molecule has 0 saturated carbocycles. The molecule has 146 valence electrons. The van der Waals surface area contributed by atoms with E-state index >= 15 is 0 Å². The Morgan fingerprint density at radius 3 is 2.79 bits per heavy atom. The van der Waals surface area contributed by atoms with Gasteiger partial charge in [0.2, 0.25) is 0 Å². The number of para-hydroxylation sites is 1. The second-order valence-electron chi connectivity index (χ2n) is 7.63. The Labute approximate surface area is 164 Å². The molecule has 2 heterocycles. The topological polar surface area (TPSA) is 84.7 Å². The van der Waals surface area contributed by atoms with Crippen LogP contribution in [0, 0.1) is 5.92 Å². The average molecular weight is 379 g/mol. The minimum absolute atomic E-state index is 0.0240. The monoisotopic (exact) mass is 379 g/mol. The Bertz CT molecular complexity index is 873. The van der Waals surface area contributed by atoms with Gasteiger partial charge in [-0.1, -0.05) is 24.3 Å². The Morgan fingerprint density at radius 2 is 2.04 bits per heavy atom. The molecule has 4 rings (SSSR count). The summed E-state index contributed by atoms with van der Waals surface area (Å²) in [4.78, 5) is 27.4. The van der Waals surface area contributed by atoms with Crippen molar-refractivity contribution in [3.05, 3.63) is 59.7 Å². The number of rotatable bonds is 4. The van der Waals surface area contributed by atoms with Crippen molar-refractivity contribution in [2.24, 2.45) is 11.7 Å². The van der Waals surface area contributed by atoms with Gasteiger partial charge in [0.15, 0.2) is 6.10 Å². The largest absolute Gasteiger partial charge is 0.480 e. The summed E-state index contributed by atoms with van der Waals surface area (Å²) in [6.07, 6.45) is 0.922. The van der Waals surface area contributed by atoms with Crippen LogP contribution in [0.15, 0.2) is 48.5 Å². The zero-order chi connectivity index (χ0) is 19.7. The first-order valence-electron chi connectivity index (χ1n) is 9.71. The number of likely N-dealkylation sites (tertiary alicyclic amines) is 1. The normalized spacial score (nSPS) is 23.2. The van der Waals surface area contributed by atoms with Crippen LogP contribution >= 0.6 is 0 Å². The molecule has 3 atom stereocenters. The smallest absolute Gasteiger partial charge is 0.265 e. The first-order valence-corrected chi connectivity index (χ1v) is 9.71. The fourth-order valence-electron chi connectivity index (χ4n) is 4.04. The van der Waals surface area contributed by atoms with E-state index in [0.717, 1.165) is 17.7 Å². The first kappa shape index (κ1) is 18.5. The Morgan fingerprint density at radius 1 is 1.21 bits per heavy atom. The van der Waals surface area contributed by atoms with E-state index in [2.05, 4.69) is 5.32 Å². The molecule has 0 spiro atoms. The van der Waals surface area contributed by atoms with Crippen molar-refractivity contribution >= 4 is 17.5 Å². The number of nitrogens with one attached hydrogen (secondary N) is 1. The summed E-state index contributed by atoms with van der Waals surface area (Å²) in [6, 6.07) is 14.9. The number of nitrogens with two attached hydrogens (primary N) is 1. The summed E-state index contributed by atoms with van der Waals surface area (Å²) in [6.45, 7) is 3.32. The van der Waals surface area contributed by atoms with Gasteiger partial charge in [-0.15, -0.1) is 0 Å². The summed E-state index contributed by atoms with van der Waals surface area (Å²) < 4.78 is 5.74. The maximum Gasteiger partial charge on any atom is 0.265 e. The van der Waals surface area contributed by atoms with E-state index in [1.54, 1.807) is 24.3 Å². The summed E-state index contributed by atoms with van der Waals surface area (Å²) in [7, 11) is 0. The van der Waals surface area contributed by atoms with E-state index in [0.29, 0.717) is 36.7 Å². The summed E-state index contributed by atoms with van der Waals surface area (Å²) >= 11 is 0. The van der Waals surface area contributed by atoms with Gasteiger partial charge in [-0.25, -0.2) is 0 Å². The quantitative estimate of drug-likeness (QED) is 0.855. The van der Waals surface area contributed by atoms with Gasteiger partial charge < -0.3 is 20.7 Å². The molecule has 28 heavy (non-hydrogen) atoms. The van der Waals surface area contributed by atoms with E-state index in [4.69, 9.17) is 10.5 Å². The van der Waals surface area contributed by atoms with Gasteiger partial charge in [0.25, 0.3) is 11.8 Å². The zero-order valence-corrected chi connectivity index (χ0v) is 15.9. The summed E-state index contributed by atoms with van der Waals surface area (Å²) in [5.41, 5.74) is 7.96. The van der Waals surface area contributed by atoms with Gasteiger partial charge in [0.1, 0.15) is 5.75 Å². The number of amides is 2. The number of nitrogens with zero attached hydrogens (tertiary/aromatic N) is 1. The molecule has 2 amide bonds. The molecule has 0 radical (unpaired) electrons. The molecule has 6 heteroatoms. The predicted octanol–water partition coefficient (Wildman–Crippen LogP) is 2.44.